The molecule has 1 aromatic heterocycles. The number of aromatic amines is 1. The summed E-state index contributed by atoms with van der Waals surface area (Å²) in [5.74, 6) is -1.92. The fourth-order valence-corrected chi connectivity index (χ4v) is 3.77. The number of aromatic carboxylic acids is 1. The number of hydrogen-bond acceptors (Lipinski definition) is 5. The number of aromatic nitrogens is 1. The molecule has 7 nitrogen and oxygen atoms in total. The van der Waals surface area contributed by atoms with Gasteiger partial charge in [0.25, 0.3) is 5.56 Å². The van der Waals surface area contributed by atoms with E-state index in [0.29, 0.717) is 0 Å². The van der Waals surface area contributed by atoms with E-state index in [4.69, 9.17) is 5.11 Å². The van der Waals surface area contributed by atoms with Gasteiger partial charge in [-0.3, -0.25) is 4.79 Å². The number of hydrogen-bond donors (Lipinski definition) is 3. The summed E-state index contributed by atoms with van der Waals surface area (Å²) in [6.45, 7) is 0. The van der Waals surface area contributed by atoms with Gasteiger partial charge in [-0.05, 0) is 30.3 Å². The lowest BCUT2D eigenvalue weighted by Crippen LogP contribution is -2.18. The molecule has 0 atom stereocenters. The number of carboxylic acids is 1. The first-order valence-corrected chi connectivity index (χ1v) is 8.23. The van der Waals surface area contributed by atoms with E-state index in [1.54, 1.807) is 6.07 Å². The van der Waals surface area contributed by atoms with Gasteiger partial charge in [0.1, 0.15) is 5.75 Å². The van der Waals surface area contributed by atoms with Crippen molar-refractivity contribution in [3.05, 3.63) is 64.4 Å². The molecule has 0 amide bonds. The number of benzene rings is 2. The minimum atomic E-state index is -4.23. The maximum Gasteiger partial charge on any atom is 0.335 e. The van der Waals surface area contributed by atoms with Crippen molar-refractivity contribution in [2.45, 2.75) is 9.79 Å². The zero-order valence-electron chi connectivity index (χ0n) is 12.1. The van der Waals surface area contributed by atoms with Crippen molar-refractivity contribution in [3.63, 3.8) is 0 Å². The van der Waals surface area contributed by atoms with Crippen LogP contribution in [-0.4, -0.2) is 29.6 Å². The smallest absolute Gasteiger partial charge is 0.335 e. The second kappa shape index (κ2) is 5.50. The van der Waals surface area contributed by atoms with E-state index in [-0.39, 0.29) is 21.4 Å². The first-order chi connectivity index (χ1) is 11.3. The van der Waals surface area contributed by atoms with Crippen LogP contribution in [0.2, 0.25) is 0 Å². The van der Waals surface area contributed by atoms with Gasteiger partial charge in [-0.25, -0.2) is 13.2 Å². The van der Waals surface area contributed by atoms with Crippen LogP contribution in [0.3, 0.4) is 0 Å². The lowest BCUT2D eigenvalue weighted by molar-refractivity contribution is 0.0697. The molecule has 0 unspecified atom stereocenters. The summed E-state index contributed by atoms with van der Waals surface area (Å²) in [6.07, 6.45) is 0. The molecule has 0 bridgehead atoms. The molecule has 8 heteroatoms. The number of nitrogens with one attached hydrogen (secondary N) is 1. The molecule has 0 aliphatic rings. The molecule has 24 heavy (non-hydrogen) atoms. The number of aromatic hydroxyl groups is 1. The summed E-state index contributed by atoms with van der Waals surface area (Å²) in [7, 11) is -4.23. The second-order valence-electron chi connectivity index (χ2n) is 5.01. The van der Waals surface area contributed by atoms with Gasteiger partial charge in [-0.15, -0.1) is 0 Å². The monoisotopic (exact) mass is 345 g/mol. The van der Waals surface area contributed by atoms with Crippen molar-refractivity contribution < 1.29 is 23.4 Å². The molecular formula is C16H11NO6S. The van der Waals surface area contributed by atoms with Gasteiger partial charge in [-0.2, -0.15) is 0 Å². The van der Waals surface area contributed by atoms with Crippen LogP contribution in [0.1, 0.15) is 10.4 Å². The van der Waals surface area contributed by atoms with E-state index in [2.05, 4.69) is 4.98 Å². The summed E-state index contributed by atoms with van der Waals surface area (Å²) >= 11 is 0. The Bertz CT molecular complexity index is 1120. The highest BCUT2D eigenvalue weighted by Crippen LogP contribution is 2.31. The van der Waals surface area contributed by atoms with Gasteiger partial charge in [0.15, 0.2) is 4.90 Å². The Balaban J connectivity index is 2.33. The minimum absolute atomic E-state index is 0.0319. The first-order valence-electron chi connectivity index (χ1n) is 6.75. The molecule has 0 aliphatic heterocycles. The van der Waals surface area contributed by atoms with Gasteiger partial charge in [0, 0.05) is 5.39 Å². The fourth-order valence-electron chi connectivity index (χ4n) is 2.36. The fraction of sp³-hybridized carbons (Fsp3) is 0. The Morgan fingerprint density at radius 3 is 2.33 bits per heavy atom. The Hall–Kier alpha value is -3.13. The average molecular weight is 345 g/mol. The van der Waals surface area contributed by atoms with E-state index < -0.39 is 32.0 Å². The molecule has 0 aliphatic carbocycles. The van der Waals surface area contributed by atoms with Crippen LogP contribution in [0.25, 0.3) is 10.9 Å². The molecular weight excluding hydrogens is 334 g/mol. The van der Waals surface area contributed by atoms with E-state index >= 15 is 0 Å². The normalized spacial score (nSPS) is 11.5. The van der Waals surface area contributed by atoms with Crippen molar-refractivity contribution >= 4 is 26.7 Å². The van der Waals surface area contributed by atoms with Crippen molar-refractivity contribution in [2.24, 2.45) is 0 Å². The summed E-state index contributed by atoms with van der Waals surface area (Å²) in [6, 6.07) is 10.8. The van der Waals surface area contributed by atoms with Gasteiger partial charge < -0.3 is 15.2 Å². The van der Waals surface area contributed by atoms with Gasteiger partial charge in [0.05, 0.1) is 16.0 Å². The number of carboxylic acid groups (broad SMARTS) is 1. The number of fused-ring (bicyclic) bond motifs is 1. The van der Waals surface area contributed by atoms with Crippen LogP contribution in [0.15, 0.2) is 63.1 Å². The van der Waals surface area contributed by atoms with Crippen LogP contribution in [0.4, 0.5) is 0 Å². The third-order valence-corrected chi connectivity index (χ3v) is 5.32. The van der Waals surface area contributed by atoms with Gasteiger partial charge in [0.2, 0.25) is 9.84 Å². The molecule has 0 fully saturated rings. The molecule has 2 aromatic carbocycles. The number of rotatable bonds is 3. The molecule has 1 heterocycles. The highest BCUT2D eigenvalue weighted by Gasteiger charge is 2.27. The van der Waals surface area contributed by atoms with Crippen LogP contribution in [0, 0.1) is 0 Å². The minimum Gasteiger partial charge on any atom is -0.506 e. The highest BCUT2D eigenvalue weighted by atomic mass is 32.2. The molecule has 122 valence electrons. The predicted molar refractivity (Wildman–Crippen MR) is 85.1 cm³/mol. The second-order valence-corrected chi connectivity index (χ2v) is 6.90. The van der Waals surface area contributed by atoms with Crippen molar-refractivity contribution in [1.29, 1.82) is 0 Å². The zero-order chi connectivity index (χ0) is 17.5. The summed E-state index contributed by atoms with van der Waals surface area (Å²) < 4.78 is 25.2. The SMILES string of the molecule is O=C(O)c1ccc2c(O)c(S(=O)(=O)c3ccccc3)c(=O)[nH]c2c1. The summed E-state index contributed by atoms with van der Waals surface area (Å²) in [5.41, 5.74) is -1.09. The van der Waals surface area contributed by atoms with E-state index in [1.807, 2.05) is 0 Å². The summed E-state index contributed by atoms with van der Waals surface area (Å²) in [5, 5.41) is 19.3. The number of pyridine rings is 1. The Labute approximate surface area is 135 Å². The Morgan fingerprint density at radius 2 is 1.71 bits per heavy atom. The van der Waals surface area contributed by atoms with Crippen LogP contribution < -0.4 is 5.56 Å². The standard InChI is InChI=1S/C16H11NO6S/c18-13-11-7-6-9(16(20)21)8-12(11)17-15(19)14(13)24(22,23)10-4-2-1-3-5-10/h1-8H,(H,20,21)(H2,17,18,19). The lowest BCUT2D eigenvalue weighted by atomic mass is 10.1. The van der Waals surface area contributed by atoms with Crippen LogP contribution >= 0.6 is 0 Å². The van der Waals surface area contributed by atoms with E-state index in [9.17, 15) is 23.1 Å². The molecule has 3 N–H and O–H groups in total. The third kappa shape index (κ3) is 2.42. The van der Waals surface area contributed by atoms with Crippen LogP contribution in [-0.2, 0) is 9.84 Å². The van der Waals surface area contributed by atoms with E-state index in [0.717, 1.165) is 6.07 Å². The number of sulfone groups is 1. The molecule has 0 radical (unpaired) electrons. The maximum absolute atomic E-state index is 12.6. The predicted octanol–water partition coefficient (Wildman–Crippen LogP) is 1.76. The topological polar surface area (TPSA) is 125 Å². The largest absolute Gasteiger partial charge is 0.506 e. The van der Waals surface area contributed by atoms with Gasteiger partial charge in [-0.1, -0.05) is 18.2 Å². The van der Waals surface area contributed by atoms with Crippen LogP contribution in [0.5, 0.6) is 5.75 Å². The quantitative estimate of drug-likeness (QED) is 0.664. The first kappa shape index (κ1) is 15.8. The molecule has 0 saturated carbocycles. The molecule has 3 rings (SSSR count). The van der Waals surface area contributed by atoms with Gasteiger partial charge >= 0.3 is 5.97 Å². The lowest BCUT2D eigenvalue weighted by Gasteiger charge is -2.09. The number of H-pyrrole nitrogens is 1. The third-order valence-electron chi connectivity index (χ3n) is 3.51. The number of carbonyl (C=O) groups is 1. The Morgan fingerprint density at radius 1 is 1.04 bits per heavy atom. The van der Waals surface area contributed by atoms with Crippen molar-refractivity contribution in [3.8, 4) is 5.75 Å². The molecule has 3 aromatic rings. The Kier molecular flexibility index (Phi) is 3.61. The molecule has 0 spiro atoms. The van der Waals surface area contributed by atoms with E-state index in [1.165, 1.54) is 36.4 Å². The average Bonchev–Trinajstić information content (AvgIpc) is 2.54. The highest BCUT2D eigenvalue weighted by molar-refractivity contribution is 7.91. The molecule has 0 saturated heterocycles. The summed E-state index contributed by atoms with van der Waals surface area (Å²) in [4.78, 5) is 24.6. The van der Waals surface area contributed by atoms with Crippen molar-refractivity contribution in [1.82, 2.24) is 4.98 Å². The van der Waals surface area contributed by atoms with Crippen molar-refractivity contribution in [2.75, 3.05) is 0 Å². The maximum atomic E-state index is 12.6. The zero-order valence-corrected chi connectivity index (χ0v) is 12.9.